The number of hydrogen-bond acceptors (Lipinski definition) is 8. The van der Waals surface area contributed by atoms with Crippen LogP contribution in [0.25, 0.3) is 0 Å². The summed E-state index contributed by atoms with van der Waals surface area (Å²) >= 11 is 0. The highest BCUT2D eigenvalue weighted by Crippen LogP contribution is 2.43. The van der Waals surface area contributed by atoms with E-state index < -0.39 is 45.1 Å². The summed E-state index contributed by atoms with van der Waals surface area (Å²) in [7, 11) is -4.61. The van der Waals surface area contributed by atoms with Gasteiger partial charge in [-0.1, -0.05) is 114 Å². The number of aliphatic carboxylic acids is 1. The van der Waals surface area contributed by atoms with Gasteiger partial charge < -0.3 is 25.2 Å². The molecule has 0 rings (SSSR count). The third kappa shape index (κ3) is 30.6. The molecule has 0 aliphatic carbocycles. The van der Waals surface area contributed by atoms with Crippen molar-refractivity contribution in [2.45, 2.75) is 135 Å². The second kappa shape index (κ2) is 31.5. The van der Waals surface area contributed by atoms with Gasteiger partial charge in [-0.05, 0) is 51.4 Å². The summed E-state index contributed by atoms with van der Waals surface area (Å²) in [5.41, 5.74) is 5.31. The molecule has 0 aliphatic rings. The molecule has 11 heteroatoms. The molecule has 10 nitrogen and oxygen atoms in total. The number of hydrogen-bond donors (Lipinski definition) is 3. The minimum atomic E-state index is -4.61. The van der Waals surface area contributed by atoms with Crippen molar-refractivity contribution in [3.05, 3.63) is 48.6 Å². The fraction of sp³-hybridized carbons (Fsp3) is 0.714. The van der Waals surface area contributed by atoms with Crippen LogP contribution in [0.1, 0.15) is 123 Å². The van der Waals surface area contributed by atoms with Gasteiger partial charge in [-0.3, -0.25) is 18.6 Å². The molecule has 4 N–H and O–H groups in total. The Hall–Kier alpha value is -2.07. The smallest absolute Gasteiger partial charge is 0.472 e. The van der Waals surface area contributed by atoms with Gasteiger partial charge in [-0.15, -0.1) is 0 Å². The number of phosphoric acid groups is 1. The average molecular weight is 672 g/mol. The summed E-state index contributed by atoms with van der Waals surface area (Å²) in [4.78, 5) is 33.2. The zero-order chi connectivity index (χ0) is 34.1. The summed E-state index contributed by atoms with van der Waals surface area (Å²) in [6.45, 7) is 3.66. The second-order valence-corrected chi connectivity index (χ2v) is 12.7. The van der Waals surface area contributed by atoms with Crippen molar-refractivity contribution in [1.82, 2.24) is 0 Å². The fourth-order valence-corrected chi connectivity index (χ4v) is 4.96. The molecule has 0 aromatic rings. The van der Waals surface area contributed by atoms with Gasteiger partial charge in [0.1, 0.15) is 12.1 Å². The highest BCUT2D eigenvalue weighted by molar-refractivity contribution is 7.47. The number of carboxylic acids is 1. The van der Waals surface area contributed by atoms with Gasteiger partial charge in [0.2, 0.25) is 0 Å². The fourth-order valence-electron chi connectivity index (χ4n) is 4.18. The highest BCUT2D eigenvalue weighted by atomic mass is 31.2. The number of carbonyl (C=O) groups is 2. The second-order valence-electron chi connectivity index (χ2n) is 11.3. The minimum Gasteiger partial charge on any atom is -0.480 e. The third-order valence-electron chi connectivity index (χ3n) is 6.87. The SMILES string of the molecule is CC/C=C\C/C=C\C/C=C\C/C=C\CCCCC(=O)OC(COCCCCCCCCCCC)COP(=O)(O)OCC(N)C(=O)O. The Morgan fingerprint density at radius 3 is 1.85 bits per heavy atom. The Kier molecular flexibility index (Phi) is 30.1. The quantitative estimate of drug-likeness (QED) is 0.0275. The molecule has 0 heterocycles. The van der Waals surface area contributed by atoms with E-state index in [9.17, 15) is 19.0 Å². The van der Waals surface area contributed by atoms with Crippen molar-refractivity contribution in [2.24, 2.45) is 5.73 Å². The Balaban J connectivity index is 4.44. The normalized spacial score (nSPS) is 14.9. The van der Waals surface area contributed by atoms with Gasteiger partial charge >= 0.3 is 19.8 Å². The molecule has 0 radical (unpaired) electrons. The monoisotopic (exact) mass is 671 g/mol. The van der Waals surface area contributed by atoms with Gasteiger partial charge in [-0.25, -0.2) is 4.57 Å². The van der Waals surface area contributed by atoms with E-state index in [-0.39, 0.29) is 13.0 Å². The Labute approximate surface area is 278 Å². The molecule has 0 saturated carbocycles. The van der Waals surface area contributed by atoms with E-state index in [0.717, 1.165) is 57.8 Å². The Morgan fingerprint density at radius 2 is 1.26 bits per heavy atom. The Morgan fingerprint density at radius 1 is 0.717 bits per heavy atom. The maximum absolute atomic E-state index is 12.5. The first-order chi connectivity index (χ1) is 22.2. The molecule has 3 unspecified atom stereocenters. The number of esters is 1. The molecule has 0 bridgehead atoms. The van der Waals surface area contributed by atoms with E-state index in [2.05, 4.69) is 67.0 Å². The van der Waals surface area contributed by atoms with Gasteiger partial charge in [0.25, 0.3) is 0 Å². The number of nitrogens with two attached hydrogens (primary N) is 1. The number of ether oxygens (including phenoxy) is 2. The van der Waals surface area contributed by atoms with Gasteiger partial charge in [-0.2, -0.15) is 0 Å². The molecular formula is C35H62NO9P. The predicted octanol–water partition coefficient (Wildman–Crippen LogP) is 8.36. The first kappa shape index (κ1) is 43.9. The summed E-state index contributed by atoms with van der Waals surface area (Å²) in [6.07, 6.45) is 33.2. The van der Waals surface area contributed by atoms with E-state index in [4.69, 9.17) is 24.8 Å². The summed E-state index contributed by atoms with van der Waals surface area (Å²) in [5, 5.41) is 8.83. The predicted molar refractivity (Wildman–Crippen MR) is 184 cm³/mol. The lowest BCUT2D eigenvalue weighted by atomic mass is 10.1. The molecule has 266 valence electrons. The number of phosphoric ester groups is 1. The molecule has 0 amide bonds. The van der Waals surface area contributed by atoms with Crippen LogP contribution >= 0.6 is 7.82 Å². The van der Waals surface area contributed by atoms with Crippen molar-refractivity contribution >= 4 is 19.8 Å². The summed E-state index contributed by atoms with van der Waals surface area (Å²) < 4.78 is 33.0. The minimum absolute atomic E-state index is 0.000645. The van der Waals surface area contributed by atoms with Crippen LogP contribution in [0.2, 0.25) is 0 Å². The first-order valence-corrected chi connectivity index (χ1v) is 18.7. The van der Waals surface area contributed by atoms with Gasteiger partial charge in [0.05, 0.1) is 19.8 Å². The van der Waals surface area contributed by atoms with Crippen molar-refractivity contribution in [3.63, 3.8) is 0 Å². The lowest BCUT2D eigenvalue weighted by Gasteiger charge is -2.20. The maximum Gasteiger partial charge on any atom is 0.472 e. The number of rotatable bonds is 32. The lowest BCUT2D eigenvalue weighted by molar-refractivity contribution is -0.154. The summed E-state index contributed by atoms with van der Waals surface area (Å²) in [5.74, 6) is -1.83. The number of unbranched alkanes of at least 4 members (excludes halogenated alkanes) is 10. The van der Waals surface area contributed by atoms with Gasteiger partial charge in [0.15, 0.2) is 0 Å². The van der Waals surface area contributed by atoms with Crippen LogP contribution < -0.4 is 5.73 Å². The van der Waals surface area contributed by atoms with Crippen LogP contribution in [0.5, 0.6) is 0 Å². The van der Waals surface area contributed by atoms with Crippen molar-refractivity contribution in [2.75, 3.05) is 26.4 Å². The van der Waals surface area contributed by atoms with Crippen molar-refractivity contribution < 1.29 is 42.7 Å². The van der Waals surface area contributed by atoms with Crippen LogP contribution in [0.15, 0.2) is 48.6 Å². The van der Waals surface area contributed by atoms with Crippen LogP contribution in [0, 0.1) is 0 Å². The number of allylic oxidation sites excluding steroid dienone is 8. The van der Waals surface area contributed by atoms with E-state index in [1.54, 1.807) is 0 Å². The summed E-state index contributed by atoms with van der Waals surface area (Å²) in [6, 6.07) is -1.48. The maximum atomic E-state index is 12.5. The van der Waals surface area contributed by atoms with Gasteiger partial charge in [0, 0.05) is 13.0 Å². The molecule has 0 spiro atoms. The molecule has 0 aliphatic heterocycles. The highest BCUT2D eigenvalue weighted by Gasteiger charge is 2.27. The molecule has 46 heavy (non-hydrogen) atoms. The molecule has 0 aromatic heterocycles. The number of carboxylic acid groups (broad SMARTS) is 1. The van der Waals surface area contributed by atoms with Crippen LogP contribution in [-0.2, 0) is 32.7 Å². The molecule has 0 aromatic carbocycles. The zero-order valence-electron chi connectivity index (χ0n) is 28.4. The molecular weight excluding hydrogens is 609 g/mol. The first-order valence-electron chi connectivity index (χ1n) is 17.2. The van der Waals surface area contributed by atoms with Crippen molar-refractivity contribution in [1.29, 1.82) is 0 Å². The molecule has 0 fully saturated rings. The lowest BCUT2D eigenvalue weighted by Crippen LogP contribution is -2.34. The average Bonchev–Trinajstić information content (AvgIpc) is 3.03. The van der Waals surface area contributed by atoms with Crippen LogP contribution in [0.4, 0.5) is 0 Å². The van der Waals surface area contributed by atoms with E-state index in [0.29, 0.717) is 13.0 Å². The zero-order valence-corrected chi connectivity index (χ0v) is 29.3. The van der Waals surface area contributed by atoms with E-state index >= 15 is 0 Å². The number of carbonyl (C=O) groups excluding carboxylic acids is 1. The Bertz CT molecular complexity index is 920. The van der Waals surface area contributed by atoms with Crippen molar-refractivity contribution in [3.8, 4) is 0 Å². The third-order valence-corrected chi connectivity index (χ3v) is 7.82. The molecule has 0 saturated heterocycles. The molecule has 3 atom stereocenters. The van der Waals surface area contributed by atoms with E-state index in [1.165, 1.54) is 38.5 Å². The standard InChI is InChI=1S/C35H62NO9P/c1-3-5-7-9-11-13-14-15-16-17-18-19-21-23-25-27-34(37)45-32(30-43-46(40,41)44-31-33(36)35(38)39)29-42-28-26-24-22-20-12-10-8-6-4-2/h5,7,11,13,15-16,18-19,32-33H,3-4,6,8-10,12,14,17,20-31,36H2,1-2H3,(H,38,39)(H,40,41)/b7-5-,13-11-,16-15-,19-18-. The topological polar surface area (TPSA) is 155 Å². The van der Waals surface area contributed by atoms with Crippen LogP contribution in [0.3, 0.4) is 0 Å². The van der Waals surface area contributed by atoms with E-state index in [1.807, 2.05) is 0 Å². The van der Waals surface area contributed by atoms with Crippen LogP contribution in [-0.4, -0.2) is 60.5 Å². The largest absolute Gasteiger partial charge is 0.480 e.